The van der Waals surface area contributed by atoms with Crippen molar-refractivity contribution in [3.05, 3.63) is 24.3 Å². The zero-order valence-corrected chi connectivity index (χ0v) is 11.5. The van der Waals surface area contributed by atoms with Crippen LogP contribution < -0.4 is 10.2 Å². The lowest BCUT2D eigenvalue weighted by Gasteiger charge is -2.16. The van der Waals surface area contributed by atoms with Crippen molar-refractivity contribution in [3.63, 3.8) is 0 Å². The minimum Gasteiger partial charge on any atom is -0.396 e. The van der Waals surface area contributed by atoms with E-state index in [-0.39, 0.29) is 18.4 Å². The van der Waals surface area contributed by atoms with Gasteiger partial charge in [-0.3, -0.25) is 9.59 Å². The number of amides is 2. The Labute approximate surface area is 118 Å². The summed E-state index contributed by atoms with van der Waals surface area (Å²) in [6.45, 7) is 0.886. The summed E-state index contributed by atoms with van der Waals surface area (Å²) >= 11 is 0. The number of carbonyl (C=O) groups excluding carboxylic acids is 2. The van der Waals surface area contributed by atoms with Crippen LogP contribution in [0.1, 0.15) is 32.1 Å². The third-order valence-corrected chi connectivity index (χ3v) is 3.35. The number of aliphatic hydroxyl groups is 1. The quantitative estimate of drug-likeness (QED) is 0.780. The number of rotatable bonds is 6. The summed E-state index contributed by atoms with van der Waals surface area (Å²) in [4.78, 5) is 25.0. The largest absolute Gasteiger partial charge is 0.396 e. The van der Waals surface area contributed by atoms with Gasteiger partial charge < -0.3 is 15.3 Å². The molecule has 0 saturated carbocycles. The molecular weight excluding hydrogens is 256 g/mol. The number of carbonyl (C=O) groups is 2. The molecule has 0 aliphatic carbocycles. The predicted molar refractivity (Wildman–Crippen MR) is 77.6 cm³/mol. The second-order valence-electron chi connectivity index (χ2n) is 4.92. The molecule has 0 unspecified atom stereocenters. The highest BCUT2D eigenvalue weighted by molar-refractivity contribution is 5.96. The van der Waals surface area contributed by atoms with Gasteiger partial charge in [0.25, 0.3) is 0 Å². The minimum atomic E-state index is -0.0524. The number of nitrogens with zero attached hydrogens (tertiary/aromatic N) is 1. The Morgan fingerprint density at radius 1 is 1.25 bits per heavy atom. The van der Waals surface area contributed by atoms with Crippen LogP contribution in [0.4, 0.5) is 11.4 Å². The van der Waals surface area contributed by atoms with Crippen LogP contribution in [0.2, 0.25) is 0 Å². The predicted octanol–water partition coefficient (Wildman–Crippen LogP) is 1.91. The Balaban J connectivity index is 1.88. The first-order valence-electron chi connectivity index (χ1n) is 7.02. The maximum Gasteiger partial charge on any atom is 0.227 e. The standard InChI is InChI=1S/C15H20N2O3/c18-11-2-1-4-14(19)16-12-6-8-13(9-7-12)17-10-3-5-15(17)20/h6-9,18H,1-5,10-11H2,(H,16,19). The molecule has 1 saturated heterocycles. The van der Waals surface area contributed by atoms with Gasteiger partial charge in [0, 0.05) is 37.4 Å². The molecule has 0 radical (unpaired) electrons. The Morgan fingerprint density at radius 2 is 2.00 bits per heavy atom. The van der Waals surface area contributed by atoms with E-state index in [1.54, 1.807) is 4.90 Å². The molecule has 0 bridgehead atoms. The Bertz CT molecular complexity index is 471. The first-order valence-corrected chi connectivity index (χ1v) is 7.02. The summed E-state index contributed by atoms with van der Waals surface area (Å²) in [5, 5.41) is 11.5. The van der Waals surface area contributed by atoms with E-state index in [0.29, 0.717) is 25.7 Å². The topological polar surface area (TPSA) is 69.6 Å². The van der Waals surface area contributed by atoms with E-state index in [9.17, 15) is 9.59 Å². The minimum absolute atomic E-state index is 0.0524. The summed E-state index contributed by atoms with van der Waals surface area (Å²) in [5.41, 5.74) is 1.61. The summed E-state index contributed by atoms with van der Waals surface area (Å²) < 4.78 is 0. The highest BCUT2D eigenvalue weighted by Gasteiger charge is 2.21. The van der Waals surface area contributed by atoms with E-state index in [1.165, 1.54) is 0 Å². The van der Waals surface area contributed by atoms with Gasteiger partial charge >= 0.3 is 0 Å². The van der Waals surface area contributed by atoms with Crippen LogP contribution in [0.5, 0.6) is 0 Å². The molecule has 2 rings (SSSR count). The summed E-state index contributed by atoms with van der Waals surface area (Å²) in [5.74, 6) is 0.106. The number of unbranched alkanes of at least 4 members (excludes halogenated alkanes) is 1. The van der Waals surface area contributed by atoms with Crippen molar-refractivity contribution in [2.45, 2.75) is 32.1 Å². The molecule has 108 valence electrons. The molecule has 1 aromatic carbocycles. The van der Waals surface area contributed by atoms with Crippen LogP contribution >= 0.6 is 0 Å². The average Bonchev–Trinajstić information content (AvgIpc) is 2.86. The number of hydrogen-bond acceptors (Lipinski definition) is 3. The lowest BCUT2D eigenvalue weighted by Crippen LogP contribution is -2.23. The zero-order chi connectivity index (χ0) is 14.4. The molecule has 2 N–H and O–H groups in total. The molecule has 5 nitrogen and oxygen atoms in total. The van der Waals surface area contributed by atoms with Crippen LogP contribution in [0.25, 0.3) is 0 Å². The normalized spacial score (nSPS) is 14.7. The number of benzene rings is 1. The molecule has 20 heavy (non-hydrogen) atoms. The highest BCUT2D eigenvalue weighted by atomic mass is 16.3. The van der Waals surface area contributed by atoms with Gasteiger partial charge in [-0.1, -0.05) is 0 Å². The lowest BCUT2D eigenvalue weighted by molar-refractivity contribution is -0.117. The lowest BCUT2D eigenvalue weighted by atomic mass is 10.2. The van der Waals surface area contributed by atoms with Crippen LogP contribution in [-0.4, -0.2) is 30.1 Å². The fourth-order valence-corrected chi connectivity index (χ4v) is 2.27. The Hall–Kier alpha value is -1.88. The summed E-state index contributed by atoms with van der Waals surface area (Å²) in [6.07, 6.45) is 3.25. The first kappa shape index (κ1) is 14.5. The molecule has 1 heterocycles. The van der Waals surface area contributed by atoms with Crippen LogP contribution in [0.15, 0.2) is 24.3 Å². The van der Waals surface area contributed by atoms with E-state index in [4.69, 9.17) is 5.11 Å². The maximum atomic E-state index is 11.6. The number of aliphatic hydroxyl groups excluding tert-OH is 1. The van der Waals surface area contributed by atoms with Crippen LogP contribution in [-0.2, 0) is 9.59 Å². The van der Waals surface area contributed by atoms with Crippen molar-refractivity contribution in [1.82, 2.24) is 0 Å². The molecular formula is C15H20N2O3. The van der Waals surface area contributed by atoms with E-state index < -0.39 is 0 Å². The van der Waals surface area contributed by atoms with Crippen molar-refractivity contribution in [1.29, 1.82) is 0 Å². The van der Waals surface area contributed by atoms with E-state index in [1.807, 2.05) is 24.3 Å². The molecule has 1 aliphatic heterocycles. The van der Waals surface area contributed by atoms with Gasteiger partial charge in [0.2, 0.25) is 11.8 Å². The smallest absolute Gasteiger partial charge is 0.227 e. The third kappa shape index (κ3) is 3.81. The van der Waals surface area contributed by atoms with Gasteiger partial charge in [-0.2, -0.15) is 0 Å². The Kier molecular flexibility index (Phi) is 5.12. The molecule has 1 aromatic rings. The van der Waals surface area contributed by atoms with Gasteiger partial charge in [0.05, 0.1) is 0 Å². The van der Waals surface area contributed by atoms with Gasteiger partial charge in [0.1, 0.15) is 0 Å². The SMILES string of the molecule is O=C(CCCCO)Nc1ccc(N2CCCC2=O)cc1. The monoisotopic (exact) mass is 276 g/mol. The molecule has 0 atom stereocenters. The highest BCUT2D eigenvalue weighted by Crippen LogP contribution is 2.23. The second-order valence-corrected chi connectivity index (χ2v) is 4.92. The van der Waals surface area contributed by atoms with Crippen LogP contribution in [0.3, 0.4) is 0 Å². The molecule has 0 spiro atoms. The summed E-state index contributed by atoms with van der Waals surface area (Å²) in [7, 11) is 0. The Morgan fingerprint density at radius 3 is 2.60 bits per heavy atom. The second kappa shape index (κ2) is 7.05. The molecule has 0 aromatic heterocycles. The van der Waals surface area contributed by atoms with Gasteiger partial charge in [-0.15, -0.1) is 0 Å². The van der Waals surface area contributed by atoms with Crippen molar-refractivity contribution in [2.24, 2.45) is 0 Å². The van der Waals surface area contributed by atoms with Gasteiger partial charge in [0.15, 0.2) is 0 Å². The first-order chi connectivity index (χ1) is 9.70. The fourth-order valence-electron chi connectivity index (χ4n) is 2.27. The van der Waals surface area contributed by atoms with Crippen molar-refractivity contribution >= 4 is 23.2 Å². The van der Waals surface area contributed by atoms with Crippen molar-refractivity contribution in [3.8, 4) is 0 Å². The molecule has 1 aliphatic rings. The molecule has 5 heteroatoms. The fraction of sp³-hybridized carbons (Fsp3) is 0.467. The van der Waals surface area contributed by atoms with Crippen LogP contribution in [0, 0.1) is 0 Å². The van der Waals surface area contributed by atoms with E-state index in [2.05, 4.69) is 5.32 Å². The van der Waals surface area contributed by atoms with Gasteiger partial charge in [-0.05, 0) is 43.5 Å². The van der Waals surface area contributed by atoms with Crippen molar-refractivity contribution in [2.75, 3.05) is 23.4 Å². The summed E-state index contributed by atoms with van der Waals surface area (Å²) in [6, 6.07) is 7.33. The molecule has 1 fully saturated rings. The zero-order valence-electron chi connectivity index (χ0n) is 11.5. The molecule has 2 amide bonds. The van der Waals surface area contributed by atoms with E-state index >= 15 is 0 Å². The number of nitrogens with one attached hydrogen (secondary N) is 1. The number of hydrogen-bond donors (Lipinski definition) is 2. The number of anilines is 2. The third-order valence-electron chi connectivity index (χ3n) is 3.35. The average molecular weight is 276 g/mol. The van der Waals surface area contributed by atoms with E-state index in [0.717, 1.165) is 24.3 Å². The van der Waals surface area contributed by atoms with Gasteiger partial charge in [-0.25, -0.2) is 0 Å². The van der Waals surface area contributed by atoms with Crippen molar-refractivity contribution < 1.29 is 14.7 Å². The maximum absolute atomic E-state index is 11.6.